The summed E-state index contributed by atoms with van der Waals surface area (Å²) < 4.78 is 11.0. The zero-order valence-corrected chi connectivity index (χ0v) is 20.8. The summed E-state index contributed by atoms with van der Waals surface area (Å²) in [6.07, 6.45) is 3.43. The molecule has 0 saturated carbocycles. The summed E-state index contributed by atoms with van der Waals surface area (Å²) >= 11 is 0. The van der Waals surface area contributed by atoms with E-state index in [0.717, 1.165) is 22.0 Å². The van der Waals surface area contributed by atoms with Crippen LogP contribution in [0.1, 0.15) is 22.8 Å². The van der Waals surface area contributed by atoms with Crippen LogP contribution in [-0.2, 0) is 11.2 Å². The maximum Gasteiger partial charge on any atom is 0.244 e. The molecule has 198 valence electrons. The maximum atomic E-state index is 12.2. The molecule has 4 rings (SSSR count). The highest BCUT2D eigenvalue weighted by atomic mass is 16.5. The third-order valence-corrected chi connectivity index (χ3v) is 6.12. The Labute approximate surface area is 219 Å². The first kappa shape index (κ1) is 26.6. The second-order valence-electron chi connectivity index (χ2n) is 8.70. The van der Waals surface area contributed by atoms with Gasteiger partial charge in [-0.3, -0.25) is 4.79 Å². The van der Waals surface area contributed by atoms with Gasteiger partial charge in [0, 0.05) is 29.7 Å². The van der Waals surface area contributed by atoms with Gasteiger partial charge in [0.2, 0.25) is 5.91 Å². The summed E-state index contributed by atoms with van der Waals surface area (Å²) in [4.78, 5) is 15.4. The summed E-state index contributed by atoms with van der Waals surface area (Å²) in [5.41, 5.74) is 3.09. The number of aliphatic hydroxyl groups excluding tert-OH is 2. The number of aromatic hydroxyl groups is 2. The molecule has 0 spiro atoms. The molecule has 38 heavy (non-hydrogen) atoms. The van der Waals surface area contributed by atoms with Gasteiger partial charge >= 0.3 is 0 Å². The summed E-state index contributed by atoms with van der Waals surface area (Å²) in [5.74, 6) is 0.551. The lowest BCUT2D eigenvalue weighted by Crippen LogP contribution is -2.29. The molecular weight excluding hydrogens is 488 g/mol. The van der Waals surface area contributed by atoms with Gasteiger partial charge in [0.1, 0.15) is 17.6 Å². The van der Waals surface area contributed by atoms with Crippen LogP contribution >= 0.6 is 0 Å². The second kappa shape index (κ2) is 12.2. The van der Waals surface area contributed by atoms with Crippen molar-refractivity contribution in [1.29, 1.82) is 0 Å². The highest BCUT2D eigenvalue weighted by Gasteiger charge is 2.23. The summed E-state index contributed by atoms with van der Waals surface area (Å²) in [6, 6.07) is 16.4. The quantitative estimate of drug-likeness (QED) is 0.167. The smallest absolute Gasteiger partial charge is 0.244 e. The largest absolute Gasteiger partial charge is 0.508 e. The average molecular weight is 519 g/mol. The van der Waals surface area contributed by atoms with Gasteiger partial charge in [0.15, 0.2) is 17.6 Å². The summed E-state index contributed by atoms with van der Waals surface area (Å²) in [7, 11) is 1.41. The van der Waals surface area contributed by atoms with Crippen LogP contribution in [0.3, 0.4) is 0 Å². The number of benzene rings is 3. The molecule has 9 nitrogen and oxygen atoms in total. The molecule has 0 aliphatic heterocycles. The fraction of sp³-hybridized carbons (Fsp3) is 0.207. The number of carbonyl (C=O) groups is 1. The number of carbonyl (C=O) groups excluding carboxylic acids is 1. The van der Waals surface area contributed by atoms with Gasteiger partial charge in [0.25, 0.3) is 0 Å². The van der Waals surface area contributed by atoms with Crippen molar-refractivity contribution in [2.24, 2.45) is 0 Å². The number of hydrogen-bond acceptors (Lipinski definition) is 7. The van der Waals surface area contributed by atoms with Crippen molar-refractivity contribution < 1.29 is 34.7 Å². The first-order chi connectivity index (χ1) is 18.4. The van der Waals surface area contributed by atoms with Gasteiger partial charge in [-0.2, -0.15) is 0 Å². The number of ether oxygens (including phenoxy) is 2. The van der Waals surface area contributed by atoms with Crippen molar-refractivity contribution >= 4 is 22.9 Å². The molecular formula is C29H30N2O7. The normalized spacial score (nSPS) is 12.9. The van der Waals surface area contributed by atoms with Crippen LogP contribution in [0.5, 0.6) is 23.0 Å². The van der Waals surface area contributed by atoms with E-state index < -0.39 is 18.8 Å². The van der Waals surface area contributed by atoms with Gasteiger partial charge in [-0.25, -0.2) is 0 Å². The zero-order valence-electron chi connectivity index (χ0n) is 20.8. The number of rotatable bonds is 11. The Bertz CT molecular complexity index is 1410. The molecule has 0 unspecified atom stereocenters. The average Bonchev–Trinajstić information content (AvgIpc) is 3.33. The van der Waals surface area contributed by atoms with E-state index >= 15 is 0 Å². The van der Waals surface area contributed by atoms with E-state index in [-0.39, 0.29) is 23.2 Å². The van der Waals surface area contributed by atoms with Gasteiger partial charge in [-0.05, 0) is 71.7 Å². The van der Waals surface area contributed by atoms with Crippen molar-refractivity contribution in [3.05, 3.63) is 89.6 Å². The number of hydrogen-bond donors (Lipinski definition) is 6. The lowest BCUT2D eigenvalue weighted by atomic mass is 10.0. The molecule has 0 saturated heterocycles. The number of amides is 1. The molecule has 1 heterocycles. The molecule has 6 N–H and O–H groups in total. The van der Waals surface area contributed by atoms with Crippen molar-refractivity contribution in [2.45, 2.75) is 18.6 Å². The maximum absolute atomic E-state index is 12.2. The van der Waals surface area contributed by atoms with Crippen LogP contribution in [0.15, 0.2) is 72.9 Å². The molecule has 4 aromatic rings. The lowest BCUT2D eigenvalue weighted by Gasteiger charge is -2.23. The Morgan fingerprint density at radius 2 is 1.87 bits per heavy atom. The Kier molecular flexibility index (Phi) is 8.52. The summed E-state index contributed by atoms with van der Waals surface area (Å²) in [6.45, 7) is -0.0243. The fourth-order valence-electron chi connectivity index (χ4n) is 4.04. The highest BCUT2D eigenvalue weighted by Crippen LogP contribution is 2.32. The molecule has 0 radical (unpaired) electrons. The molecule has 0 aliphatic rings. The standard InChI is InChI=1S/C29H30N2O7/c1-37-26-14-19(5-10-25(26)34)29(36)27(17-32)38-22-8-9-24-23(15-22)20(16-31-24)12-13-30-28(35)11-4-18-2-6-21(33)7-3-18/h2-11,14-16,27,29,31-34,36H,12-13,17H2,1H3,(H,30,35)/b11-4+/t27-,29+/m0/s1. The summed E-state index contributed by atoms with van der Waals surface area (Å²) in [5, 5.41) is 43.6. The molecule has 2 atom stereocenters. The first-order valence-corrected chi connectivity index (χ1v) is 12.1. The molecule has 0 bridgehead atoms. The van der Waals surface area contributed by atoms with Crippen LogP contribution in [0.2, 0.25) is 0 Å². The number of aromatic amines is 1. The molecule has 0 aliphatic carbocycles. The topological polar surface area (TPSA) is 144 Å². The molecule has 1 amide bonds. The third-order valence-electron chi connectivity index (χ3n) is 6.12. The van der Waals surface area contributed by atoms with Gasteiger partial charge in [-0.15, -0.1) is 0 Å². The van der Waals surface area contributed by atoms with Crippen LogP contribution in [0, 0.1) is 0 Å². The number of fused-ring (bicyclic) bond motifs is 1. The first-order valence-electron chi connectivity index (χ1n) is 12.1. The SMILES string of the molecule is COc1cc([C@@H](O)[C@H](CO)Oc2ccc3[nH]cc(CCNC(=O)/C=C/c4ccc(O)cc4)c3c2)ccc1O. The van der Waals surface area contributed by atoms with Crippen LogP contribution in [0.25, 0.3) is 17.0 Å². The zero-order chi connectivity index (χ0) is 27.1. The number of aliphatic hydroxyl groups is 2. The van der Waals surface area contributed by atoms with Crippen molar-refractivity contribution in [2.75, 3.05) is 20.3 Å². The van der Waals surface area contributed by atoms with Gasteiger partial charge in [0.05, 0.1) is 13.7 Å². The third kappa shape index (κ3) is 6.44. The number of methoxy groups -OCH3 is 1. The Morgan fingerprint density at radius 1 is 1.08 bits per heavy atom. The van der Waals surface area contributed by atoms with E-state index in [4.69, 9.17) is 9.47 Å². The highest BCUT2D eigenvalue weighted by molar-refractivity contribution is 5.91. The minimum atomic E-state index is -1.17. The van der Waals surface area contributed by atoms with Crippen molar-refractivity contribution in [1.82, 2.24) is 10.3 Å². The van der Waals surface area contributed by atoms with Crippen molar-refractivity contribution in [3.8, 4) is 23.0 Å². The van der Waals surface area contributed by atoms with E-state index in [9.17, 15) is 25.2 Å². The predicted molar refractivity (Wildman–Crippen MR) is 143 cm³/mol. The van der Waals surface area contributed by atoms with E-state index in [1.54, 1.807) is 36.4 Å². The van der Waals surface area contributed by atoms with Crippen LogP contribution in [-0.4, -0.2) is 57.7 Å². The molecule has 0 fully saturated rings. The number of aromatic nitrogens is 1. The van der Waals surface area contributed by atoms with E-state index in [1.807, 2.05) is 18.3 Å². The minimum Gasteiger partial charge on any atom is -0.508 e. The number of nitrogens with one attached hydrogen (secondary N) is 2. The minimum absolute atomic E-state index is 0.0556. The molecule has 9 heteroatoms. The number of H-pyrrole nitrogens is 1. The van der Waals surface area contributed by atoms with Crippen molar-refractivity contribution in [3.63, 3.8) is 0 Å². The van der Waals surface area contributed by atoms with Crippen LogP contribution in [0.4, 0.5) is 0 Å². The predicted octanol–water partition coefficient (Wildman–Crippen LogP) is 3.43. The monoisotopic (exact) mass is 518 g/mol. The van der Waals surface area contributed by atoms with E-state index in [2.05, 4.69) is 10.3 Å². The fourth-order valence-corrected chi connectivity index (χ4v) is 4.04. The van der Waals surface area contributed by atoms with Gasteiger partial charge < -0.3 is 40.2 Å². The molecule has 1 aromatic heterocycles. The number of phenolic OH excluding ortho intramolecular Hbond substituents is 2. The molecule has 3 aromatic carbocycles. The Morgan fingerprint density at radius 3 is 2.61 bits per heavy atom. The Balaban J connectivity index is 1.39. The van der Waals surface area contributed by atoms with Gasteiger partial charge in [-0.1, -0.05) is 18.2 Å². The second-order valence-corrected chi connectivity index (χ2v) is 8.70. The number of phenols is 2. The Hall–Kier alpha value is -4.47. The lowest BCUT2D eigenvalue weighted by molar-refractivity contribution is -0.116. The van der Waals surface area contributed by atoms with Crippen LogP contribution < -0.4 is 14.8 Å². The van der Waals surface area contributed by atoms with E-state index in [0.29, 0.717) is 24.3 Å². The van der Waals surface area contributed by atoms with E-state index in [1.165, 1.54) is 31.4 Å².